The van der Waals surface area contributed by atoms with Gasteiger partial charge in [0, 0.05) is 46.9 Å². The molecule has 1 fully saturated rings. The average molecular weight is 275 g/mol. The molecule has 0 heterocycles. The quantitative estimate of drug-likeness (QED) is 0.739. The molecule has 108 valence electrons. The average Bonchev–Trinajstić information content (AvgIpc) is 2.34. The summed E-state index contributed by atoms with van der Waals surface area (Å²) >= 11 is 0. The van der Waals surface area contributed by atoms with Crippen LogP contribution in [0.1, 0.15) is 47.0 Å². The normalized spacial score (nSPS) is 34.9. The Kier molecular flexibility index (Phi) is 6.28. The van der Waals surface area contributed by atoms with Crippen molar-refractivity contribution in [3.8, 4) is 0 Å². The highest BCUT2D eigenvalue weighted by atomic mass is 32.2. The van der Waals surface area contributed by atoms with Crippen LogP contribution in [-0.4, -0.2) is 41.0 Å². The SMILES string of the molecule is CCOC1CC(NC(C)CCS(C)=O)C1(C)CC. The van der Waals surface area contributed by atoms with E-state index in [4.69, 9.17) is 4.74 Å². The molecule has 3 nitrogen and oxygen atoms in total. The Morgan fingerprint density at radius 1 is 1.50 bits per heavy atom. The van der Waals surface area contributed by atoms with Crippen molar-refractivity contribution in [1.82, 2.24) is 5.32 Å². The zero-order valence-electron chi connectivity index (χ0n) is 12.5. The van der Waals surface area contributed by atoms with Crippen LogP contribution in [-0.2, 0) is 15.5 Å². The number of hydrogen-bond acceptors (Lipinski definition) is 3. The van der Waals surface area contributed by atoms with Gasteiger partial charge in [-0.1, -0.05) is 13.8 Å². The van der Waals surface area contributed by atoms with Crippen molar-refractivity contribution in [3.63, 3.8) is 0 Å². The minimum atomic E-state index is -0.681. The van der Waals surface area contributed by atoms with E-state index < -0.39 is 10.8 Å². The van der Waals surface area contributed by atoms with Crippen LogP contribution in [0.15, 0.2) is 0 Å². The van der Waals surface area contributed by atoms with E-state index in [1.165, 1.54) is 0 Å². The molecule has 1 rings (SSSR count). The molecule has 0 radical (unpaired) electrons. The zero-order valence-corrected chi connectivity index (χ0v) is 13.3. The Morgan fingerprint density at radius 2 is 2.17 bits per heavy atom. The van der Waals surface area contributed by atoms with Gasteiger partial charge in [-0.3, -0.25) is 4.21 Å². The lowest BCUT2D eigenvalue weighted by Crippen LogP contribution is -2.63. The Bertz CT molecular complexity index is 285. The molecule has 1 N–H and O–H groups in total. The highest BCUT2D eigenvalue weighted by molar-refractivity contribution is 7.84. The maximum atomic E-state index is 11.1. The molecule has 0 bridgehead atoms. The summed E-state index contributed by atoms with van der Waals surface area (Å²) in [6, 6.07) is 0.978. The molecule has 0 aromatic heterocycles. The molecular formula is C14H29NO2S. The van der Waals surface area contributed by atoms with E-state index in [0.29, 0.717) is 18.2 Å². The third-order valence-electron chi connectivity index (χ3n) is 4.44. The fourth-order valence-electron chi connectivity index (χ4n) is 2.78. The van der Waals surface area contributed by atoms with E-state index in [0.717, 1.165) is 31.6 Å². The van der Waals surface area contributed by atoms with Gasteiger partial charge in [0.25, 0.3) is 0 Å². The molecular weight excluding hydrogens is 246 g/mol. The van der Waals surface area contributed by atoms with Crippen molar-refractivity contribution in [3.05, 3.63) is 0 Å². The highest BCUT2D eigenvalue weighted by Gasteiger charge is 2.51. The van der Waals surface area contributed by atoms with Gasteiger partial charge in [-0.2, -0.15) is 0 Å². The van der Waals surface area contributed by atoms with Crippen LogP contribution >= 0.6 is 0 Å². The summed E-state index contributed by atoms with van der Waals surface area (Å²) in [5.41, 5.74) is 0.260. The standard InChI is InChI=1S/C14H29NO2S/c1-6-14(4)12(10-13(14)17-7-2)15-11(3)8-9-18(5)16/h11-13,15H,6-10H2,1-5H3. The molecule has 1 aliphatic rings. The largest absolute Gasteiger partial charge is 0.378 e. The first kappa shape index (κ1) is 16.1. The number of ether oxygens (including phenoxy) is 1. The highest BCUT2D eigenvalue weighted by Crippen LogP contribution is 2.46. The van der Waals surface area contributed by atoms with Gasteiger partial charge in [-0.15, -0.1) is 0 Å². The van der Waals surface area contributed by atoms with Gasteiger partial charge >= 0.3 is 0 Å². The van der Waals surface area contributed by atoms with E-state index in [-0.39, 0.29) is 5.41 Å². The van der Waals surface area contributed by atoms with Gasteiger partial charge in [-0.25, -0.2) is 0 Å². The van der Waals surface area contributed by atoms with Crippen molar-refractivity contribution in [1.29, 1.82) is 0 Å². The zero-order chi connectivity index (χ0) is 13.8. The third-order valence-corrected chi connectivity index (χ3v) is 5.25. The van der Waals surface area contributed by atoms with Gasteiger partial charge in [0.05, 0.1) is 6.10 Å². The molecule has 5 unspecified atom stereocenters. The first-order valence-electron chi connectivity index (χ1n) is 7.11. The predicted molar refractivity (Wildman–Crippen MR) is 78.4 cm³/mol. The molecule has 5 atom stereocenters. The second-order valence-electron chi connectivity index (χ2n) is 5.73. The van der Waals surface area contributed by atoms with E-state index in [1.807, 2.05) is 0 Å². The first-order valence-corrected chi connectivity index (χ1v) is 8.84. The third kappa shape index (κ3) is 3.78. The van der Waals surface area contributed by atoms with Crippen LogP contribution in [0.4, 0.5) is 0 Å². The lowest BCUT2D eigenvalue weighted by Gasteiger charge is -2.54. The minimum Gasteiger partial charge on any atom is -0.378 e. The molecule has 1 saturated carbocycles. The Morgan fingerprint density at radius 3 is 2.67 bits per heavy atom. The maximum Gasteiger partial charge on any atom is 0.0658 e. The lowest BCUT2D eigenvalue weighted by atomic mass is 9.61. The summed E-state index contributed by atoms with van der Waals surface area (Å²) in [5.74, 6) is 0.790. The van der Waals surface area contributed by atoms with Crippen molar-refractivity contribution in [2.75, 3.05) is 18.6 Å². The molecule has 1 aliphatic carbocycles. The molecule has 0 saturated heterocycles. The molecule has 0 aromatic carbocycles. The van der Waals surface area contributed by atoms with Crippen molar-refractivity contribution < 1.29 is 8.95 Å². The van der Waals surface area contributed by atoms with Crippen molar-refractivity contribution in [2.45, 2.75) is 65.1 Å². The molecule has 0 aromatic rings. The van der Waals surface area contributed by atoms with Gasteiger partial charge in [0.15, 0.2) is 0 Å². The second-order valence-corrected chi connectivity index (χ2v) is 7.28. The van der Waals surface area contributed by atoms with Crippen molar-refractivity contribution >= 4 is 10.8 Å². The first-order chi connectivity index (χ1) is 8.43. The Hall–Kier alpha value is 0.0700. The molecule has 0 amide bonds. The monoisotopic (exact) mass is 275 g/mol. The molecule has 18 heavy (non-hydrogen) atoms. The van der Waals surface area contributed by atoms with E-state index in [1.54, 1.807) is 6.26 Å². The van der Waals surface area contributed by atoms with E-state index in [2.05, 4.69) is 33.0 Å². The summed E-state index contributed by atoms with van der Waals surface area (Å²) < 4.78 is 16.9. The second kappa shape index (κ2) is 7.01. The molecule has 0 aliphatic heterocycles. The maximum absolute atomic E-state index is 11.1. The summed E-state index contributed by atoms with van der Waals surface area (Å²) in [5, 5.41) is 3.69. The fourth-order valence-corrected chi connectivity index (χ4v) is 3.46. The van der Waals surface area contributed by atoms with Gasteiger partial charge in [-0.05, 0) is 33.1 Å². The van der Waals surface area contributed by atoms with Crippen LogP contribution in [0.2, 0.25) is 0 Å². The fraction of sp³-hybridized carbons (Fsp3) is 1.00. The van der Waals surface area contributed by atoms with Gasteiger partial charge in [0.2, 0.25) is 0 Å². The van der Waals surface area contributed by atoms with E-state index >= 15 is 0 Å². The van der Waals surface area contributed by atoms with Crippen LogP contribution in [0.3, 0.4) is 0 Å². The molecule has 0 spiro atoms. The van der Waals surface area contributed by atoms with Crippen LogP contribution in [0.5, 0.6) is 0 Å². The van der Waals surface area contributed by atoms with Gasteiger partial charge < -0.3 is 10.1 Å². The van der Waals surface area contributed by atoms with Crippen LogP contribution in [0.25, 0.3) is 0 Å². The smallest absolute Gasteiger partial charge is 0.0658 e. The van der Waals surface area contributed by atoms with Crippen molar-refractivity contribution in [2.24, 2.45) is 5.41 Å². The summed E-state index contributed by atoms with van der Waals surface area (Å²) in [4.78, 5) is 0. The predicted octanol–water partition coefficient (Wildman–Crippen LogP) is 2.33. The Labute approximate surface area is 115 Å². The van der Waals surface area contributed by atoms with Crippen LogP contribution < -0.4 is 5.32 Å². The number of rotatable bonds is 8. The Balaban J connectivity index is 2.41. The summed E-state index contributed by atoms with van der Waals surface area (Å²) in [6.07, 6.45) is 5.41. The molecule has 4 heteroatoms. The summed E-state index contributed by atoms with van der Waals surface area (Å²) in [6.45, 7) is 9.62. The van der Waals surface area contributed by atoms with Crippen LogP contribution in [0, 0.1) is 5.41 Å². The van der Waals surface area contributed by atoms with E-state index in [9.17, 15) is 4.21 Å². The number of hydrogen-bond donors (Lipinski definition) is 1. The minimum absolute atomic E-state index is 0.260. The summed E-state index contributed by atoms with van der Waals surface area (Å²) in [7, 11) is -0.681. The van der Waals surface area contributed by atoms with Gasteiger partial charge in [0.1, 0.15) is 0 Å². The number of nitrogens with one attached hydrogen (secondary N) is 1. The topological polar surface area (TPSA) is 38.3 Å². The lowest BCUT2D eigenvalue weighted by molar-refractivity contribution is -0.127.